The van der Waals surface area contributed by atoms with E-state index in [1.54, 1.807) is 6.07 Å². The SMILES string of the molecule is CN1CCc2nc(C(C)(C)C)c(C(=O)O)cc2C1. The molecule has 0 saturated heterocycles. The summed E-state index contributed by atoms with van der Waals surface area (Å²) >= 11 is 0. The summed E-state index contributed by atoms with van der Waals surface area (Å²) in [5.41, 5.74) is 2.90. The van der Waals surface area contributed by atoms with Gasteiger partial charge in [-0.2, -0.15) is 0 Å². The largest absolute Gasteiger partial charge is 0.478 e. The van der Waals surface area contributed by atoms with Gasteiger partial charge in [-0.25, -0.2) is 4.79 Å². The number of hydrogen-bond acceptors (Lipinski definition) is 3. The number of hydrogen-bond donors (Lipinski definition) is 1. The van der Waals surface area contributed by atoms with E-state index in [0.29, 0.717) is 11.3 Å². The van der Waals surface area contributed by atoms with Crippen LogP contribution >= 0.6 is 0 Å². The highest BCUT2D eigenvalue weighted by atomic mass is 16.4. The molecule has 0 radical (unpaired) electrons. The second-order valence-electron chi connectivity index (χ2n) is 6.03. The van der Waals surface area contributed by atoms with Crippen LogP contribution in [0.5, 0.6) is 0 Å². The van der Waals surface area contributed by atoms with Gasteiger partial charge in [0.2, 0.25) is 0 Å². The molecule has 0 amide bonds. The van der Waals surface area contributed by atoms with Crippen LogP contribution in [0.1, 0.15) is 48.1 Å². The summed E-state index contributed by atoms with van der Waals surface area (Å²) in [5, 5.41) is 9.34. The second-order valence-corrected chi connectivity index (χ2v) is 6.03. The van der Waals surface area contributed by atoms with Crippen molar-refractivity contribution in [3.05, 3.63) is 28.6 Å². The zero-order valence-electron chi connectivity index (χ0n) is 11.4. The lowest BCUT2D eigenvalue weighted by molar-refractivity contribution is 0.0693. The standard InChI is InChI=1S/C14H20N2O2/c1-14(2,3)12-10(13(17)18)7-9-8-16(4)6-5-11(9)15-12/h7H,5-6,8H2,1-4H3,(H,17,18). The summed E-state index contributed by atoms with van der Waals surface area (Å²) in [6.45, 7) is 7.78. The normalized spacial score (nSPS) is 16.4. The smallest absolute Gasteiger partial charge is 0.337 e. The maximum Gasteiger partial charge on any atom is 0.337 e. The summed E-state index contributed by atoms with van der Waals surface area (Å²) in [4.78, 5) is 18.2. The van der Waals surface area contributed by atoms with Gasteiger partial charge in [-0.15, -0.1) is 0 Å². The van der Waals surface area contributed by atoms with Crippen LogP contribution in [0, 0.1) is 0 Å². The summed E-state index contributed by atoms with van der Waals surface area (Å²) in [6.07, 6.45) is 0.898. The van der Waals surface area contributed by atoms with Crippen molar-refractivity contribution in [3.8, 4) is 0 Å². The van der Waals surface area contributed by atoms with E-state index in [2.05, 4.69) is 9.88 Å². The first-order valence-corrected chi connectivity index (χ1v) is 6.24. The van der Waals surface area contributed by atoms with Crippen LogP contribution < -0.4 is 0 Å². The molecule has 2 heterocycles. The molecule has 0 bridgehead atoms. The molecule has 1 aromatic heterocycles. The number of fused-ring (bicyclic) bond motifs is 1. The van der Waals surface area contributed by atoms with Crippen molar-refractivity contribution in [2.24, 2.45) is 0 Å². The summed E-state index contributed by atoms with van der Waals surface area (Å²) in [7, 11) is 2.04. The number of aromatic nitrogens is 1. The van der Waals surface area contributed by atoms with Crippen LogP contribution in [0.4, 0.5) is 0 Å². The maximum absolute atomic E-state index is 11.4. The molecule has 0 aromatic carbocycles. The Labute approximate surface area is 108 Å². The Hall–Kier alpha value is -1.42. The van der Waals surface area contributed by atoms with Gasteiger partial charge in [-0.3, -0.25) is 4.98 Å². The Morgan fingerprint density at radius 1 is 1.44 bits per heavy atom. The van der Waals surface area contributed by atoms with Crippen molar-refractivity contribution < 1.29 is 9.90 Å². The fraction of sp³-hybridized carbons (Fsp3) is 0.571. The van der Waals surface area contributed by atoms with E-state index >= 15 is 0 Å². The molecule has 0 fully saturated rings. The quantitative estimate of drug-likeness (QED) is 0.826. The fourth-order valence-corrected chi connectivity index (χ4v) is 2.35. The van der Waals surface area contributed by atoms with Crippen molar-refractivity contribution in [3.63, 3.8) is 0 Å². The van der Waals surface area contributed by atoms with Gasteiger partial charge in [0.05, 0.1) is 11.3 Å². The molecule has 2 rings (SSSR count). The summed E-state index contributed by atoms with van der Waals surface area (Å²) in [6, 6.07) is 1.81. The van der Waals surface area contributed by atoms with Crippen molar-refractivity contribution in [2.75, 3.05) is 13.6 Å². The first kappa shape index (κ1) is 13.0. The van der Waals surface area contributed by atoms with Crippen molar-refractivity contribution in [1.29, 1.82) is 0 Å². The van der Waals surface area contributed by atoms with Crippen molar-refractivity contribution in [2.45, 2.75) is 39.2 Å². The number of rotatable bonds is 1. The van der Waals surface area contributed by atoms with Gasteiger partial charge in [0, 0.05) is 30.6 Å². The second kappa shape index (κ2) is 4.35. The molecule has 1 aliphatic rings. The number of likely N-dealkylation sites (N-methyl/N-ethyl adjacent to an activating group) is 1. The fourth-order valence-electron chi connectivity index (χ4n) is 2.35. The number of carboxylic acids is 1. The molecule has 98 valence electrons. The van der Waals surface area contributed by atoms with E-state index in [4.69, 9.17) is 0 Å². The van der Waals surface area contributed by atoms with E-state index in [-0.39, 0.29) is 5.41 Å². The molecule has 0 unspecified atom stereocenters. The van der Waals surface area contributed by atoms with Crippen LogP contribution in [-0.2, 0) is 18.4 Å². The van der Waals surface area contributed by atoms with Gasteiger partial charge in [0.1, 0.15) is 0 Å². The predicted octanol–water partition coefficient (Wildman–Crippen LogP) is 2.07. The Balaban J connectivity index is 2.58. The van der Waals surface area contributed by atoms with E-state index in [0.717, 1.165) is 30.8 Å². The molecule has 0 saturated carbocycles. The molecule has 4 nitrogen and oxygen atoms in total. The van der Waals surface area contributed by atoms with E-state index in [1.165, 1.54) is 0 Å². The van der Waals surface area contributed by atoms with Gasteiger partial charge >= 0.3 is 5.97 Å². The van der Waals surface area contributed by atoms with Crippen molar-refractivity contribution >= 4 is 5.97 Å². The Bertz CT molecular complexity index is 489. The van der Waals surface area contributed by atoms with Crippen LogP contribution in [0.3, 0.4) is 0 Å². The minimum Gasteiger partial charge on any atom is -0.478 e. The lowest BCUT2D eigenvalue weighted by Crippen LogP contribution is -2.30. The summed E-state index contributed by atoms with van der Waals surface area (Å²) in [5.74, 6) is -0.886. The Morgan fingerprint density at radius 2 is 2.11 bits per heavy atom. The molecule has 4 heteroatoms. The van der Waals surface area contributed by atoms with E-state index in [9.17, 15) is 9.90 Å². The predicted molar refractivity (Wildman–Crippen MR) is 69.9 cm³/mol. The van der Waals surface area contributed by atoms with Gasteiger partial charge in [0.15, 0.2) is 0 Å². The molecule has 0 spiro atoms. The third kappa shape index (κ3) is 2.38. The number of carbonyl (C=O) groups is 1. The van der Waals surface area contributed by atoms with E-state index < -0.39 is 5.97 Å². The molecule has 1 aromatic rings. The van der Waals surface area contributed by atoms with Gasteiger partial charge < -0.3 is 10.0 Å². The van der Waals surface area contributed by atoms with Crippen molar-refractivity contribution in [1.82, 2.24) is 9.88 Å². The van der Waals surface area contributed by atoms with Crippen LogP contribution in [0.15, 0.2) is 6.07 Å². The Kier molecular flexibility index (Phi) is 3.15. The first-order chi connectivity index (χ1) is 8.29. The van der Waals surface area contributed by atoms with Gasteiger partial charge in [0.25, 0.3) is 0 Å². The highest BCUT2D eigenvalue weighted by molar-refractivity contribution is 5.89. The molecule has 1 aliphatic heterocycles. The van der Waals surface area contributed by atoms with E-state index in [1.807, 2.05) is 27.8 Å². The third-order valence-electron chi connectivity index (χ3n) is 3.30. The average molecular weight is 248 g/mol. The highest BCUT2D eigenvalue weighted by Crippen LogP contribution is 2.28. The molecule has 0 atom stereocenters. The lowest BCUT2D eigenvalue weighted by atomic mass is 9.86. The number of pyridine rings is 1. The van der Waals surface area contributed by atoms with Gasteiger partial charge in [-0.1, -0.05) is 20.8 Å². The number of carboxylic acid groups (broad SMARTS) is 1. The summed E-state index contributed by atoms with van der Waals surface area (Å²) < 4.78 is 0. The minimum absolute atomic E-state index is 0.244. The molecule has 0 aliphatic carbocycles. The highest BCUT2D eigenvalue weighted by Gasteiger charge is 2.27. The van der Waals surface area contributed by atoms with Crippen LogP contribution in [0.2, 0.25) is 0 Å². The monoisotopic (exact) mass is 248 g/mol. The average Bonchev–Trinajstić information content (AvgIpc) is 2.25. The first-order valence-electron chi connectivity index (χ1n) is 6.24. The topological polar surface area (TPSA) is 53.4 Å². The molecular formula is C14H20N2O2. The Morgan fingerprint density at radius 3 is 2.67 bits per heavy atom. The zero-order valence-corrected chi connectivity index (χ0v) is 11.4. The van der Waals surface area contributed by atoms with Gasteiger partial charge in [-0.05, 0) is 18.7 Å². The maximum atomic E-state index is 11.4. The van der Waals surface area contributed by atoms with Crippen LogP contribution in [-0.4, -0.2) is 34.6 Å². The number of aromatic carboxylic acids is 1. The zero-order chi connectivity index (χ0) is 13.5. The number of nitrogens with zero attached hydrogens (tertiary/aromatic N) is 2. The molecule has 18 heavy (non-hydrogen) atoms. The molecular weight excluding hydrogens is 228 g/mol. The molecule has 1 N–H and O–H groups in total. The van der Waals surface area contributed by atoms with Crippen LogP contribution in [0.25, 0.3) is 0 Å². The minimum atomic E-state index is -0.886. The lowest BCUT2D eigenvalue weighted by Gasteiger charge is -2.28. The third-order valence-corrected chi connectivity index (χ3v) is 3.30.